The van der Waals surface area contributed by atoms with Gasteiger partial charge in [-0.3, -0.25) is 0 Å². The second-order valence-electron chi connectivity index (χ2n) is 46.4. The molecule has 4 aliphatic rings. The van der Waals surface area contributed by atoms with Gasteiger partial charge in [-0.25, -0.2) is 0 Å². The van der Waals surface area contributed by atoms with Crippen molar-refractivity contribution in [3.05, 3.63) is 0 Å². The molecule has 4 saturated heterocycles. The number of piperidine rings is 4. The maximum absolute atomic E-state index is 5.87. The summed E-state index contributed by atoms with van der Waals surface area (Å²) in [7, 11) is 0. The fraction of sp³-hybridized carbons (Fsp3) is 0.944. The fourth-order valence-electron chi connectivity index (χ4n) is 23.4. The van der Waals surface area contributed by atoms with Gasteiger partial charge in [0.15, 0.2) is 0 Å². The van der Waals surface area contributed by atoms with Crippen molar-refractivity contribution in [3.63, 3.8) is 0 Å². The van der Waals surface area contributed by atoms with Crippen molar-refractivity contribution < 1.29 is 0 Å². The second-order valence-corrected chi connectivity index (χ2v) is 46.4. The third kappa shape index (κ3) is 46.7. The number of aromatic nitrogens is 6. The topological polar surface area (TPSA) is 166 Å². The van der Waals surface area contributed by atoms with Crippen molar-refractivity contribution in [2.75, 3.05) is 89.1 Å². The summed E-state index contributed by atoms with van der Waals surface area (Å²) in [4.78, 5) is 48.1. The first-order valence-electron chi connectivity index (χ1n) is 54.7. The number of hydrogen-bond acceptors (Lipinski definition) is 17. The average Bonchev–Trinajstić information content (AvgIpc) is 0.783. The molecule has 0 aromatic carbocycles. The molecule has 4 aliphatic heterocycles. The number of nitrogens with one attached hydrogen (secondary N) is 6. The summed E-state index contributed by atoms with van der Waals surface area (Å²) in [5, 5.41) is 24.3. The van der Waals surface area contributed by atoms with Crippen LogP contribution in [0.4, 0.5) is 35.7 Å². The summed E-state index contributed by atoms with van der Waals surface area (Å²) in [5.74, 6) is 5.00. The van der Waals surface area contributed by atoms with Crippen molar-refractivity contribution in [1.29, 1.82) is 0 Å². The van der Waals surface area contributed by atoms with Crippen molar-refractivity contribution in [2.24, 2.45) is 0 Å². The Morgan fingerprint density at radius 3 is 0.536 bits per heavy atom. The summed E-state index contributed by atoms with van der Waals surface area (Å²) >= 11 is 0. The standard InChI is InChI=1S/C108H211N17/c1-22-27-32-37-42-47-52-57-62-67-76-121(77-72-74-109-95-111-97(122(91-83-101(6,7)117-102(8,9)84-91)79-68-63-58-53-48-43-38-33-28-23-2)115-98(112-95)123(92-85-103(10,11)118-104(12,13)86-92)80-69-64-59-54-49-44-39-34-29-24-3)78-73-75-110-96-113-99(124(93-87-105(14,15)119-106(16,17)88-93)81-70-65-60-55-50-45-40-35-30-25-4)116-100(114-96)125(94-89-107(18,19)120-108(20,21)90-94)82-71-66-61-56-51-46-41-36-31-26-5/h91-94,117-120H,22-90H2,1-21H3,(H,109,111,112,115)(H,110,113,114,116). The average molecular weight is 1750 g/mol. The Hall–Kier alpha value is -3.38. The summed E-state index contributed by atoms with van der Waals surface area (Å²) < 4.78 is 0. The molecule has 2 aromatic heterocycles. The minimum Gasteiger partial charge on any atom is -0.354 e. The molecule has 0 spiro atoms. The van der Waals surface area contributed by atoms with Crippen LogP contribution >= 0.6 is 0 Å². The van der Waals surface area contributed by atoms with Crippen molar-refractivity contribution in [2.45, 2.75) is 599 Å². The van der Waals surface area contributed by atoms with Crippen LogP contribution < -0.4 is 51.5 Å². The summed E-state index contributed by atoms with van der Waals surface area (Å²) in [6, 6.07) is 1.17. The molecule has 6 rings (SSSR count). The highest BCUT2D eigenvalue weighted by Gasteiger charge is 2.46. The zero-order valence-corrected chi connectivity index (χ0v) is 87.0. The molecule has 4 fully saturated rings. The molecule has 17 heteroatoms. The van der Waals surface area contributed by atoms with Crippen molar-refractivity contribution in [3.8, 4) is 0 Å². The molecule has 17 nitrogen and oxygen atoms in total. The van der Waals surface area contributed by atoms with Gasteiger partial charge in [-0.1, -0.05) is 324 Å². The molecular formula is C108H211N17. The molecule has 728 valence electrons. The SMILES string of the molecule is CCCCCCCCCCCCN(CCCNc1nc(N(CCCCCCCCCCCC)C2CC(C)(C)NC(C)(C)C2)nc(N(CCCCCCCCCCCC)C2CC(C)(C)NC(C)(C)C2)n1)CCCNc1nc(N(CCCCCCCCCCCC)C2CC(C)(C)NC(C)(C)C2)nc(N(CCCCCCCCCCCC)C2CC(C)(C)NC(C)(C)C2)n1. The lowest BCUT2D eigenvalue weighted by molar-refractivity contribution is 0.156. The molecule has 0 radical (unpaired) electrons. The van der Waals surface area contributed by atoms with E-state index in [0.29, 0.717) is 24.2 Å². The zero-order chi connectivity index (χ0) is 90.9. The van der Waals surface area contributed by atoms with E-state index >= 15 is 0 Å². The zero-order valence-electron chi connectivity index (χ0n) is 87.0. The lowest BCUT2D eigenvalue weighted by atomic mass is 9.79. The maximum Gasteiger partial charge on any atom is 0.232 e. The lowest BCUT2D eigenvalue weighted by Gasteiger charge is -2.50. The van der Waals surface area contributed by atoms with Gasteiger partial charge < -0.3 is 56.4 Å². The molecule has 6 N–H and O–H groups in total. The summed E-state index contributed by atoms with van der Waals surface area (Å²) in [6.07, 6.45) is 76.6. The molecule has 0 amide bonds. The first-order chi connectivity index (χ1) is 59.7. The van der Waals surface area contributed by atoms with Gasteiger partial charge in [0.1, 0.15) is 0 Å². The molecule has 0 unspecified atom stereocenters. The van der Waals surface area contributed by atoms with Crippen LogP contribution in [0, 0.1) is 0 Å². The van der Waals surface area contributed by atoms with Gasteiger partial charge in [0.2, 0.25) is 35.7 Å². The minimum absolute atomic E-state index is 0.0332. The van der Waals surface area contributed by atoms with E-state index in [9.17, 15) is 0 Å². The van der Waals surface area contributed by atoms with Crippen molar-refractivity contribution >= 4 is 35.7 Å². The van der Waals surface area contributed by atoms with Crippen LogP contribution in [0.1, 0.15) is 531 Å². The Labute approximate surface area is 775 Å². The molecule has 0 aliphatic carbocycles. The molecular weight excluding hydrogens is 1540 g/mol. The molecule has 0 bridgehead atoms. The summed E-state index contributed by atoms with van der Waals surface area (Å²) in [6.45, 7) is 59.0. The smallest absolute Gasteiger partial charge is 0.232 e. The molecule has 6 heterocycles. The van der Waals surface area contributed by atoms with E-state index in [2.05, 4.69) is 202 Å². The Balaban J connectivity index is 1.35. The summed E-state index contributed by atoms with van der Waals surface area (Å²) in [5.41, 5.74) is -0.266. The van der Waals surface area contributed by atoms with Gasteiger partial charge in [-0.15, -0.1) is 0 Å². The number of anilines is 6. The number of nitrogens with zero attached hydrogens (tertiary/aromatic N) is 11. The van der Waals surface area contributed by atoms with Gasteiger partial charge in [-0.05, 0) is 227 Å². The number of rotatable bonds is 73. The Morgan fingerprint density at radius 2 is 0.360 bits per heavy atom. The monoisotopic (exact) mass is 1750 g/mol. The Bertz CT molecular complexity index is 2630. The van der Waals surface area contributed by atoms with Crippen molar-refractivity contribution in [1.82, 2.24) is 56.1 Å². The van der Waals surface area contributed by atoms with E-state index in [4.69, 9.17) is 29.9 Å². The van der Waals surface area contributed by atoms with E-state index in [1.807, 2.05) is 0 Å². The van der Waals surface area contributed by atoms with Gasteiger partial charge in [0, 0.05) is 108 Å². The molecule has 0 atom stereocenters. The highest BCUT2D eigenvalue weighted by Crippen LogP contribution is 2.41. The van der Waals surface area contributed by atoms with Crippen LogP contribution in [0.25, 0.3) is 0 Å². The first-order valence-corrected chi connectivity index (χ1v) is 54.7. The van der Waals surface area contributed by atoms with E-state index in [1.165, 1.54) is 295 Å². The second kappa shape index (κ2) is 59.3. The predicted molar refractivity (Wildman–Crippen MR) is 548 cm³/mol. The largest absolute Gasteiger partial charge is 0.354 e. The number of unbranched alkanes of at least 4 members (excludes halogenated alkanes) is 45. The molecule has 2 aromatic rings. The first kappa shape index (κ1) is 110. The quantitative estimate of drug-likeness (QED) is 0.0346. The molecule has 125 heavy (non-hydrogen) atoms. The van der Waals surface area contributed by atoms with E-state index in [1.54, 1.807) is 0 Å². The Kier molecular flexibility index (Phi) is 52.3. The Morgan fingerprint density at radius 1 is 0.208 bits per heavy atom. The van der Waals surface area contributed by atoms with Crippen LogP contribution in [0.5, 0.6) is 0 Å². The van der Waals surface area contributed by atoms with Gasteiger partial charge >= 0.3 is 0 Å². The number of hydrogen-bond donors (Lipinski definition) is 6. The molecule has 0 saturated carbocycles. The van der Waals surface area contributed by atoms with Gasteiger partial charge in [-0.2, -0.15) is 29.9 Å². The third-order valence-electron chi connectivity index (χ3n) is 28.4. The highest BCUT2D eigenvalue weighted by molar-refractivity contribution is 5.49. The third-order valence-corrected chi connectivity index (χ3v) is 28.4. The highest BCUT2D eigenvalue weighted by atomic mass is 15.4. The normalized spacial score (nSPS) is 18.7. The van der Waals surface area contributed by atoms with Crippen LogP contribution in [-0.2, 0) is 0 Å². The van der Waals surface area contributed by atoms with Crippen LogP contribution in [0.15, 0.2) is 0 Å². The maximum atomic E-state index is 5.87. The van der Waals surface area contributed by atoms with Crippen LogP contribution in [0.2, 0.25) is 0 Å². The van der Waals surface area contributed by atoms with Crippen LogP contribution in [0.3, 0.4) is 0 Å². The minimum atomic E-state index is -0.0332. The van der Waals surface area contributed by atoms with Crippen LogP contribution in [-0.4, -0.2) is 162 Å². The van der Waals surface area contributed by atoms with E-state index in [-0.39, 0.29) is 44.3 Å². The predicted octanol–water partition coefficient (Wildman–Crippen LogP) is 28.7. The lowest BCUT2D eigenvalue weighted by Crippen LogP contribution is -2.63. The van der Waals surface area contributed by atoms with E-state index < -0.39 is 0 Å². The van der Waals surface area contributed by atoms with Gasteiger partial charge in [0.25, 0.3) is 0 Å². The van der Waals surface area contributed by atoms with E-state index in [0.717, 1.165) is 184 Å². The fourth-order valence-corrected chi connectivity index (χ4v) is 23.4. The van der Waals surface area contributed by atoms with Gasteiger partial charge in [0.05, 0.1) is 0 Å².